The van der Waals surface area contributed by atoms with E-state index in [2.05, 4.69) is 16.5 Å². The minimum absolute atomic E-state index is 0.282. The van der Waals surface area contributed by atoms with E-state index in [0.29, 0.717) is 11.6 Å². The Morgan fingerprint density at radius 3 is 2.79 bits per heavy atom. The molecule has 0 spiro atoms. The largest absolute Gasteiger partial charge is 0.478 e. The van der Waals surface area contributed by atoms with Crippen molar-refractivity contribution in [3.8, 4) is 0 Å². The highest BCUT2D eigenvalue weighted by Crippen LogP contribution is 2.39. The lowest BCUT2D eigenvalue weighted by atomic mass is 10.2. The average molecular weight is 409 g/mol. The quantitative estimate of drug-likeness (QED) is 0.447. The molecule has 0 fully saturated rings. The van der Waals surface area contributed by atoms with Crippen LogP contribution in [0.5, 0.6) is 0 Å². The number of hydrogen-bond acceptors (Lipinski definition) is 3. The van der Waals surface area contributed by atoms with Crippen molar-refractivity contribution < 1.29 is 9.90 Å². The van der Waals surface area contributed by atoms with Gasteiger partial charge in [0.2, 0.25) is 0 Å². The molecular formula is C22H17ClN2O2S. The van der Waals surface area contributed by atoms with Crippen molar-refractivity contribution >= 4 is 40.2 Å². The van der Waals surface area contributed by atoms with Crippen molar-refractivity contribution in [3.05, 3.63) is 88.8 Å². The fourth-order valence-electron chi connectivity index (χ4n) is 3.24. The van der Waals surface area contributed by atoms with E-state index in [9.17, 15) is 9.90 Å². The molecule has 0 atom stereocenters. The van der Waals surface area contributed by atoms with Gasteiger partial charge in [-0.3, -0.25) is 4.98 Å². The van der Waals surface area contributed by atoms with Crippen LogP contribution in [-0.4, -0.2) is 20.6 Å². The van der Waals surface area contributed by atoms with E-state index in [1.165, 1.54) is 0 Å². The van der Waals surface area contributed by atoms with Crippen LogP contribution < -0.4 is 0 Å². The Morgan fingerprint density at radius 1 is 1.18 bits per heavy atom. The van der Waals surface area contributed by atoms with Crippen LogP contribution in [-0.2, 0) is 6.54 Å². The van der Waals surface area contributed by atoms with Crippen LogP contribution in [0.2, 0.25) is 5.02 Å². The second kappa shape index (κ2) is 7.70. The molecular weight excluding hydrogens is 392 g/mol. The number of nitrogens with zero attached hydrogens (tertiary/aromatic N) is 2. The number of pyridine rings is 1. The van der Waals surface area contributed by atoms with Gasteiger partial charge in [0.05, 0.1) is 11.1 Å². The minimum atomic E-state index is -0.926. The van der Waals surface area contributed by atoms with Crippen LogP contribution in [0.15, 0.2) is 76.8 Å². The van der Waals surface area contributed by atoms with Crippen LogP contribution in [0.1, 0.15) is 21.6 Å². The normalized spacial score (nSPS) is 11.1. The van der Waals surface area contributed by atoms with Gasteiger partial charge in [0.1, 0.15) is 0 Å². The molecule has 4 rings (SSSR count). The second-order valence-electron chi connectivity index (χ2n) is 6.46. The van der Waals surface area contributed by atoms with Gasteiger partial charge in [-0.05, 0) is 48.9 Å². The molecule has 4 nitrogen and oxygen atoms in total. The summed E-state index contributed by atoms with van der Waals surface area (Å²) < 4.78 is 2.22. The zero-order valence-electron chi connectivity index (χ0n) is 15.1. The molecule has 4 aromatic rings. The molecule has 2 aromatic carbocycles. The first-order valence-electron chi connectivity index (χ1n) is 8.71. The van der Waals surface area contributed by atoms with E-state index in [1.807, 2.05) is 42.6 Å². The van der Waals surface area contributed by atoms with Crippen molar-refractivity contribution in [2.75, 3.05) is 0 Å². The number of rotatable bonds is 5. The number of carbonyl (C=O) groups is 1. The molecule has 0 aliphatic carbocycles. The Hall–Kier alpha value is -2.76. The highest BCUT2D eigenvalue weighted by molar-refractivity contribution is 7.99. The first-order valence-corrected chi connectivity index (χ1v) is 9.91. The SMILES string of the molecule is Cc1c(Sc2cccc(C(=O)O)c2)c2ccc(Cl)cc2n1Cc1cccnc1. The van der Waals surface area contributed by atoms with Crippen molar-refractivity contribution in [1.29, 1.82) is 0 Å². The van der Waals surface area contributed by atoms with Gasteiger partial charge >= 0.3 is 5.97 Å². The number of aromatic carboxylic acids is 1. The number of benzene rings is 2. The maximum absolute atomic E-state index is 11.3. The lowest BCUT2D eigenvalue weighted by Gasteiger charge is -2.09. The van der Waals surface area contributed by atoms with Crippen molar-refractivity contribution in [2.45, 2.75) is 23.3 Å². The van der Waals surface area contributed by atoms with Crippen LogP contribution in [0, 0.1) is 6.92 Å². The van der Waals surface area contributed by atoms with Gasteiger partial charge in [0, 0.05) is 44.8 Å². The molecule has 0 radical (unpaired) electrons. The minimum Gasteiger partial charge on any atom is -0.478 e. The van der Waals surface area contributed by atoms with Gasteiger partial charge in [-0.1, -0.05) is 41.6 Å². The number of carboxylic acids is 1. The van der Waals surface area contributed by atoms with E-state index in [4.69, 9.17) is 11.6 Å². The Morgan fingerprint density at radius 2 is 2.04 bits per heavy atom. The highest BCUT2D eigenvalue weighted by atomic mass is 35.5. The van der Waals surface area contributed by atoms with Crippen LogP contribution in [0.25, 0.3) is 10.9 Å². The maximum Gasteiger partial charge on any atom is 0.335 e. The monoisotopic (exact) mass is 408 g/mol. The van der Waals surface area contributed by atoms with Crippen LogP contribution in [0.4, 0.5) is 0 Å². The van der Waals surface area contributed by atoms with Gasteiger partial charge < -0.3 is 9.67 Å². The molecule has 1 N–H and O–H groups in total. The summed E-state index contributed by atoms with van der Waals surface area (Å²) in [7, 11) is 0. The summed E-state index contributed by atoms with van der Waals surface area (Å²) in [5.74, 6) is -0.926. The smallest absolute Gasteiger partial charge is 0.335 e. The van der Waals surface area contributed by atoms with Gasteiger partial charge in [-0.2, -0.15) is 0 Å². The first-order chi connectivity index (χ1) is 13.5. The molecule has 0 saturated carbocycles. The molecule has 0 bridgehead atoms. The third-order valence-corrected chi connectivity index (χ3v) is 6.04. The fourth-order valence-corrected chi connectivity index (χ4v) is 4.51. The van der Waals surface area contributed by atoms with Crippen LogP contribution in [0.3, 0.4) is 0 Å². The van der Waals surface area contributed by atoms with E-state index < -0.39 is 5.97 Å². The van der Waals surface area contributed by atoms with E-state index >= 15 is 0 Å². The molecule has 28 heavy (non-hydrogen) atoms. The summed E-state index contributed by atoms with van der Waals surface area (Å²) in [5, 5.41) is 11.0. The molecule has 2 aromatic heterocycles. The molecule has 140 valence electrons. The average Bonchev–Trinajstić information content (AvgIpc) is 2.94. The number of halogens is 1. The third kappa shape index (κ3) is 3.63. The van der Waals surface area contributed by atoms with Crippen LogP contribution >= 0.6 is 23.4 Å². The van der Waals surface area contributed by atoms with E-state index in [-0.39, 0.29) is 5.56 Å². The predicted octanol–water partition coefficient (Wildman–Crippen LogP) is 5.90. The molecule has 0 saturated heterocycles. The summed E-state index contributed by atoms with van der Waals surface area (Å²) in [4.78, 5) is 17.5. The number of aromatic nitrogens is 2. The van der Waals surface area contributed by atoms with E-state index in [0.717, 1.165) is 32.0 Å². The van der Waals surface area contributed by atoms with Gasteiger partial charge in [0.15, 0.2) is 0 Å². The Bertz CT molecular complexity index is 1170. The summed E-state index contributed by atoms with van der Waals surface area (Å²) in [6.07, 6.45) is 3.62. The topological polar surface area (TPSA) is 55.1 Å². The second-order valence-corrected chi connectivity index (χ2v) is 7.98. The lowest BCUT2D eigenvalue weighted by molar-refractivity contribution is 0.0696. The predicted molar refractivity (Wildman–Crippen MR) is 113 cm³/mol. The zero-order chi connectivity index (χ0) is 19.7. The Kier molecular flexibility index (Phi) is 5.11. The van der Waals surface area contributed by atoms with Gasteiger partial charge in [0.25, 0.3) is 0 Å². The Labute approximate surface area is 171 Å². The lowest BCUT2D eigenvalue weighted by Crippen LogP contribution is -2.02. The third-order valence-electron chi connectivity index (χ3n) is 4.59. The summed E-state index contributed by atoms with van der Waals surface area (Å²) >= 11 is 7.84. The highest BCUT2D eigenvalue weighted by Gasteiger charge is 2.16. The standard InChI is InChI=1S/C22H17ClN2O2S/c1-14-21(28-18-6-2-5-16(10-18)22(26)27)19-8-7-17(23)11-20(19)25(14)13-15-4-3-9-24-12-15/h2-12H,13H2,1H3,(H,26,27). The maximum atomic E-state index is 11.3. The first kappa shape index (κ1) is 18.6. The molecule has 0 aliphatic heterocycles. The number of fused-ring (bicyclic) bond motifs is 1. The van der Waals surface area contributed by atoms with Gasteiger partial charge in [-0.15, -0.1) is 0 Å². The van der Waals surface area contributed by atoms with Crippen molar-refractivity contribution in [2.24, 2.45) is 0 Å². The molecule has 0 amide bonds. The summed E-state index contributed by atoms with van der Waals surface area (Å²) in [6.45, 7) is 2.76. The van der Waals surface area contributed by atoms with Crippen molar-refractivity contribution in [3.63, 3.8) is 0 Å². The number of hydrogen-bond donors (Lipinski definition) is 1. The van der Waals surface area contributed by atoms with Crippen molar-refractivity contribution in [1.82, 2.24) is 9.55 Å². The Balaban J connectivity index is 1.81. The molecule has 0 aliphatic rings. The number of carboxylic acid groups (broad SMARTS) is 1. The molecule has 2 heterocycles. The van der Waals surface area contributed by atoms with E-state index in [1.54, 1.807) is 36.2 Å². The summed E-state index contributed by atoms with van der Waals surface area (Å²) in [5.41, 5.74) is 3.54. The molecule has 6 heteroatoms. The van der Waals surface area contributed by atoms with Gasteiger partial charge in [-0.25, -0.2) is 4.79 Å². The summed E-state index contributed by atoms with van der Waals surface area (Å²) in [6, 6.07) is 16.9. The zero-order valence-corrected chi connectivity index (χ0v) is 16.7. The fraction of sp³-hybridized carbons (Fsp3) is 0.0909. The molecule has 0 unspecified atom stereocenters.